The van der Waals surface area contributed by atoms with Crippen molar-refractivity contribution in [1.82, 2.24) is 10.2 Å². The largest absolute Gasteiger partial charge is 0.462 e. The standard InChI is InChI=1S/C21H34N2O4/c1-14-4-3-5-20(2)12-16-17(18-21(14,20)27-18)15(19(24)26-16)13-22-6-7-23-8-10-25-11-9-23/h14-18,22H,3-13H2,1-2H3/t14-,15-,16+,17+,18-,20+,21-/m0/s1. The van der Waals surface area contributed by atoms with Gasteiger partial charge < -0.3 is 19.5 Å². The molecule has 5 aliphatic rings. The van der Waals surface area contributed by atoms with Crippen LogP contribution in [0.25, 0.3) is 0 Å². The maximum atomic E-state index is 12.6. The van der Waals surface area contributed by atoms with Crippen LogP contribution in [0.4, 0.5) is 0 Å². The van der Waals surface area contributed by atoms with Crippen molar-refractivity contribution in [3.63, 3.8) is 0 Å². The number of fused-ring (bicyclic) bond motifs is 2. The Morgan fingerprint density at radius 3 is 2.93 bits per heavy atom. The number of nitrogens with one attached hydrogen (secondary N) is 1. The monoisotopic (exact) mass is 378 g/mol. The molecule has 0 aromatic carbocycles. The zero-order chi connectivity index (χ0) is 18.6. The molecule has 0 unspecified atom stereocenters. The Morgan fingerprint density at radius 1 is 1.30 bits per heavy atom. The minimum atomic E-state index is -0.0530. The molecule has 3 aliphatic heterocycles. The Bertz CT molecular complexity index is 595. The van der Waals surface area contributed by atoms with Gasteiger partial charge in [0.15, 0.2) is 0 Å². The fraction of sp³-hybridized carbons (Fsp3) is 0.952. The molecule has 152 valence electrons. The molecule has 0 aromatic rings. The van der Waals surface area contributed by atoms with E-state index in [0.29, 0.717) is 12.5 Å². The highest BCUT2D eigenvalue weighted by Crippen LogP contribution is 2.70. The van der Waals surface area contributed by atoms with Crippen molar-refractivity contribution in [2.24, 2.45) is 23.2 Å². The number of epoxide rings is 1. The molecule has 3 saturated heterocycles. The molecular weight excluding hydrogens is 344 g/mol. The number of morpholine rings is 1. The Morgan fingerprint density at radius 2 is 2.11 bits per heavy atom. The van der Waals surface area contributed by atoms with Gasteiger partial charge in [-0.1, -0.05) is 20.3 Å². The van der Waals surface area contributed by atoms with Crippen molar-refractivity contribution in [2.45, 2.75) is 57.3 Å². The van der Waals surface area contributed by atoms with Gasteiger partial charge in [-0.15, -0.1) is 0 Å². The van der Waals surface area contributed by atoms with Crippen LogP contribution in [0, 0.1) is 23.2 Å². The lowest BCUT2D eigenvalue weighted by molar-refractivity contribution is -0.146. The summed E-state index contributed by atoms with van der Waals surface area (Å²) in [5, 5.41) is 3.53. The summed E-state index contributed by atoms with van der Waals surface area (Å²) in [6.45, 7) is 11.0. The number of hydrogen-bond donors (Lipinski definition) is 1. The number of esters is 1. The summed E-state index contributed by atoms with van der Waals surface area (Å²) in [6, 6.07) is 0. The van der Waals surface area contributed by atoms with Gasteiger partial charge in [0.25, 0.3) is 0 Å². The predicted octanol–water partition coefficient (Wildman–Crippen LogP) is 1.43. The molecule has 5 rings (SSSR count). The van der Waals surface area contributed by atoms with Crippen molar-refractivity contribution in [2.75, 3.05) is 45.9 Å². The Labute approximate surface area is 162 Å². The number of nitrogens with zero attached hydrogens (tertiary/aromatic N) is 1. The third-order valence-corrected chi connectivity index (χ3v) is 8.27. The maximum absolute atomic E-state index is 12.6. The Hall–Kier alpha value is -0.690. The number of rotatable bonds is 5. The number of carbonyl (C=O) groups excluding carboxylic acids is 1. The summed E-state index contributed by atoms with van der Waals surface area (Å²) < 4.78 is 17.8. The lowest BCUT2D eigenvalue weighted by Crippen LogP contribution is -2.54. The quantitative estimate of drug-likeness (QED) is 0.444. The number of hydrogen-bond acceptors (Lipinski definition) is 6. The first kappa shape index (κ1) is 18.3. The zero-order valence-corrected chi connectivity index (χ0v) is 16.7. The van der Waals surface area contributed by atoms with Crippen molar-refractivity contribution in [3.05, 3.63) is 0 Å². The lowest BCUT2D eigenvalue weighted by atomic mass is 9.53. The third-order valence-electron chi connectivity index (χ3n) is 8.27. The molecule has 27 heavy (non-hydrogen) atoms. The van der Waals surface area contributed by atoms with Crippen molar-refractivity contribution >= 4 is 5.97 Å². The minimum absolute atomic E-state index is 0.00640. The van der Waals surface area contributed by atoms with Crippen LogP contribution in [0.1, 0.15) is 39.5 Å². The second-order valence-electron chi connectivity index (χ2n) is 9.71. The lowest BCUT2D eigenvalue weighted by Gasteiger charge is -2.48. The summed E-state index contributed by atoms with van der Waals surface area (Å²) >= 11 is 0. The van der Waals surface area contributed by atoms with Crippen LogP contribution in [0.2, 0.25) is 0 Å². The van der Waals surface area contributed by atoms with Gasteiger partial charge in [-0.25, -0.2) is 0 Å². The van der Waals surface area contributed by atoms with Crippen LogP contribution in [0.15, 0.2) is 0 Å². The van der Waals surface area contributed by atoms with E-state index in [9.17, 15) is 4.79 Å². The molecule has 1 N–H and O–H groups in total. The summed E-state index contributed by atoms with van der Waals surface area (Å²) in [4.78, 5) is 15.1. The van der Waals surface area contributed by atoms with Gasteiger partial charge >= 0.3 is 5.97 Å². The highest BCUT2D eigenvalue weighted by atomic mass is 16.6. The number of carbonyl (C=O) groups is 1. The first-order chi connectivity index (χ1) is 13.1. The van der Waals surface area contributed by atoms with Crippen molar-refractivity contribution in [3.8, 4) is 0 Å². The normalized spacial score (nSPS) is 49.1. The molecule has 5 fully saturated rings. The Balaban J connectivity index is 1.21. The van der Waals surface area contributed by atoms with Gasteiger partial charge in [0, 0.05) is 44.1 Å². The summed E-state index contributed by atoms with van der Waals surface area (Å²) in [6.07, 6.45) is 4.98. The molecule has 3 heterocycles. The molecule has 6 heteroatoms. The van der Waals surface area contributed by atoms with E-state index < -0.39 is 0 Å². The average molecular weight is 379 g/mol. The summed E-state index contributed by atoms with van der Waals surface area (Å²) in [5.74, 6) is 0.766. The fourth-order valence-corrected chi connectivity index (χ4v) is 6.79. The topological polar surface area (TPSA) is 63.3 Å². The molecule has 2 aliphatic carbocycles. The van der Waals surface area contributed by atoms with Crippen LogP contribution in [0.3, 0.4) is 0 Å². The summed E-state index contributed by atoms with van der Waals surface area (Å²) in [7, 11) is 0. The third kappa shape index (κ3) is 2.78. The second-order valence-corrected chi connectivity index (χ2v) is 9.71. The fourth-order valence-electron chi connectivity index (χ4n) is 6.79. The first-order valence-corrected chi connectivity index (χ1v) is 10.9. The van der Waals surface area contributed by atoms with E-state index in [1.807, 2.05) is 0 Å². The molecule has 0 radical (unpaired) electrons. The van der Waals surface area contributed by atoms with Crippen LogP contribution in [0.5, 0.6) is 0 Å². The van der Waals surface area contributed by atoms with E-state index in [-0.39, 0.29) is 41.0 Å². The van der Waals surface area contributed by atoms with Gasteiger partial charge in [-0.3, -0.25) is 9.69 Å². The minimum Gasteiger partial charge on any atom is -0.462 e. The van der Waals surface area contributed by atoms with Crippen LogP contribution >= 0.6 is 0 Å². The number of ether oxygens (including phenoxy) is 3. The smallest absolute Gasteiger partial charge is 0.311 e. The van der Waals surface area contributed by atoms with Gasteiger partial charge in [-0.2, -0.15) is 0 Å². The molecule has 6 nitrogen and oxygen atoms in total. The second kappa shape index (κ2) is 6.68. The molecule has 0 amide bonds. The van der Waals surface area contributed by atoms with E-state index in [1.165, 1.54) is 19.3 Å². The van der Waals surface area contributed by atoms with Gasteiger partial charge in [0.2, 0.25) is 0 Å². The first-order valence-electron chi connectivity index (χ1n) is 10.9. The van der Waals surface area contributed by atoms with E-state index in [0.717, 1.165) is 45.8 Å². The molecule has 0 aromatic heterocycles. The van der Waals surface area contributed by atoms with Crippen LogP contribution in [-0.2, 0) is 19.0 Å². The van der Waals surface area contributed by atoms with Crippen molar-refractivity contribution < 1.29 is 19.0 Å². The van der Waals surface area contributed by atoms with Gasteiger partial charge in [-0.05, 0) is 25.2 Å². The van der Waals surface area contributed by atoms with Gasteiger partial charge in [0.1, 0.15) is 11.7 Å². The van der Waals surface area contributed by atoms with E-state index in [1.54, 1.807) is 0 Å². The molecular formula is C21H34N2O4. The van der Waals surface area contributed by atoms with Crippen LogP contribution in [-0.4, -0.2) is 74.6 Å². The van der Waals surface area contributed by atoms with Crippen molar-refractivity contribution in [1.29, 1.82) is 0 Å². The SMILES string of the molecule is C[C@H]1CCC[C@]2(C)C[C@H]3OC(=O)[C@@H](CNCCN4CCOCC4)[C@H]3[C@@H]3O[C@@]132. The molecule has 0 bridgehead atoms. The van der Waals surface area contributed by atoms with E-state index >= 15 is 0 Å². The molecule has 2 saturated carbocycles. The Kier molecular flexibility index (Phi) is 4.54. The van der Waals surface area contributed by atoms with Gasteiger partial charge in [0.05, 0.1) is 25.2 Å². The van der Waals surface area contributed by atoms with Crippen LogP contribution < -0.4 is 5.32 Å². The summed E-state index contributed by atoms with van der Waals surface area (Å²) in [5.41, 5.74) is 0.182. The van der Waals surface area contributed by atoms with E-state index in [4.69, 9.17) is 14.2 Å². The average Bonchev–Trinajstić information content (AvgIpc) is 3.34. The maximum Gasteiger partial charge on any atom is 0.311 e. The zero-order valence-electron chi connectivity index (χ0n) is 16.7. The van der Waals surface area contributed by atoms with E-state index in [2.05, 4.69) is 24.1 Å². The predicted molar refractivity (Wildman–Crippen MR) is 100 cm³/mol. The highest BCUT2D eigenvalue weighted by molar-refractivity contribution is 5.76. The molecule has 7 atom stereocenters. The molecule has 1 spiro atoms. The highest BCUT2D eigenvalue weighted by Gasteiger charge is 2.78.